The first-order valence-corrected chi connectivity index (χ1v) is 5.13. The summed E-state index contributed by atoms with van der Waals surface area (Å²) in [5.41, 5.74) is 0. The normalized spacial score (nSPS) is 12.0. The summed E-state index contributed by atoms with van der Waals surface area (Å²) in [6.45, 7) is 1.11. The van der Waals surface area contributed by atoms with Crippen LogP contribution in [0.3, 0.4) is 0 Å². The molecule has 0 aromatic carbocycles. The zero-order chi connectivity index (χ0) is 9.78. The van der Waals surface area contributed by atoms with Crippen LogP contribution in [0.1, 0.15) is 13.3 Å². The zero-order valence-electron chi connectivity index (χ0n) is 6.59. The van der Waals surface area contributed by atoms with Gasteiger partial charge in [-0.15, -0.1) is 0 Å². The number of rotatable bonds is 5. The molecule has 0 atom stereocenters. The number of alkyl halides is 2. The Morgan fingerprint density at radius 1 is 1.42 bits per heavy atom. The van der Waals surface area contributed by atoms with Gasteiger partial charge in [0.25, 0.3) is 0 Å². The first kappa shape index (κ1) is 11.5. The molecule has 0 heterocycles. The Morgan fingerprint density at radius 2 is 1.92 bits per heavy atom. The zero-order valence-corrected chi connectivity index (χ0v) is 7.40. The van der Waals surface area contributed by atoms with Crippen LogP contribution in [-0.4, -0.2) is 32.1 Å². The molecule has 0 amide bonds. The Labute approximate surface area is 69.7 Å². The summed E-state index contributed by atoms with van der Waals surface area (Å²) in [5, 5.41) is 0. The first-order chi connectivity index (χ1) is 5.33. The molecule has 0 aromatic heterocycles. The molecule has 0 unspecified atom stereocenters. The molecule has 3 nitrogen and oxygen atoms in total. The molecular weight excluding hydrogens is 190 g/mol. The van der Waals surface area contributed by atoms with E-state index in [1.165, 1.54) is 0 Å². The third-order valence-electron chi connectivity index (χ3n) is 1.07. The highest BCUT2D eigenvalue weighted by atomic mass is 32.2. The van der Waals surface area contributed by atoms with E-state index in [4.69, 9.17) is 0 Å². The first-order valence-electron chi connectivity index (χ1n) is 3.31. The van der Waals surface area contributed by atoms with Crippen molar-refractivity contribution >= 4 is 15.6 Å². The van der Waals surface area contributed by atoms with E-state index in [9.17, 15) is 22.0 Å². The smallest absolute Gasteiger partial charge is 0.239 e. The summed E-state index contributed by atoms with van der Waals surface area (Å²) in [4.78, 5) is 10.3. The number of sulfone groups is 1. The van der Waals surface area contributed by atoms with E-state index in [2.05, 4.69) is 0 Å². The van der Waals surface area contributed by atoms with Crippen LogP contribution in [-0.2, 0) is 14.6 Å². The van der Waals surface area contributed by atoms with Crippen molar-refractivity contribution < 1.29 is 22.0 Å². The molecule has 0 fully saturated rings. The summed E-state index contributed by atoms with van der Waals surface area (Å²) in [6, 6.07) is 0. The summed E-state index contributed by atoms with van der Waals surface area (Å²) in [5.74, 6) is -1.78. The molecule has 0 saturated heterocycles. The second kappa shape index (κ2) is 4.49. The lowest BCUT2D eigenvalue weighted by Crippen LogP contribution is -2.18. The Kier molecular flexibility index (Phi) is 4.30. The monoisotopic (exact) mass is 200 g/mol. The largest absolute Gasteiger partial charge is 0.299 e. The fourth-order valence-electron chi connectivity index (χ4n) is 0.651. The van der Waals surface area contributed by atoms with Crippen molar-refractivity contribution in [1.82, 2.24) is 0 Å². The van der Waals surface area contributed by atoms with Gasteiger partial charge < -0.3 is 0 Å². The number of carbonyl (C=O) groups is 1. The van der Waals surface area contributed by atoms with Crippen LogP contribution >= 0.6 is 0 Å². The van der Waals surface area contributed by atoms with Crippen molar-refractivity contribution in [3.8, 4) is 0 Å². The molecule has 6 heteroatoms. The fourth-order valence-corrected chi connectivity index (χ4v) is 1.95. The van der Waals surface area contributed by atoms with Crippen LogP contribution in [0.15, 0.2) is 0 Å². The molecule has 12 heavy (non-hydrogen) atoms. The maximum Gasteiger partial charge on any atom is 0.239 e. The lowest BCUT2D eigenvalue weighted by molar-refractivity contribution is -0.114. The lowest BCUT2D eigenvalue weighted by Gasteiger charge is -2.00. The topological polar surface area (TPSA) is 51.2 Å². The minimum Gasteiger partial charge on any atom is -0.299 e. The number of halogens is 2. The van der Waals surface area contributed by atoms with Gasteiger partial charge in [-0.05, 0) is 6.92 Å². The quantitative estimate of drug-likeness (QED) is 0.654. The lowest BCUT2D eigenvalue weighted by atomic mass is 10.5. The highest BCUT2D eigenvalue weighted by molar-refractivity contribution is 7.92. The molecule has 0 rings (SSSR count). The minimum atomic E-state index is -3.61. The maximum absolute atomic E-state index is 11.6. The summed E-state index contributed by atoms with van der Waals surface area (Å²) in [6.07, 6.45) is -3.33. The van der Waals surface area contributed by atoms with Crippen LogP contribution < -0.4 is 0 Å². The Balaban J connectivity index is 3.98. The molecule has 0 aliphatic carbocycles. The van der Waals surface area contributed by atoms with E-state index in [0.717, 1.165) is 6.92 Å². The summed E-state index contributed by atoms with van der Waals surface area (Å²) in [7, 11) is -3.61. The van der Waals surface area contributed by atoms with E-state index in [1.807, 2.05) is 0 Å². The fraction of sp³-hybridized carbons (Fsp3) is 0.833. The second-order valence-electron chi connectivity index (χ2n) is 2.47. The van der Waals surface area contributed by atoms with E-state index >= 15 is 0 Å². The molecule has 0 spiro atoms. The van der Waals surface area contributed by atoms with Crippen molar-refractivity contribution in [2.45, 2.75) is 19.8 Å². The van der Waals surface area contributed by atoms with Crippen LogP contribution in [0.25, 0.3) is 0 Å². The van der Waals surface area contributed by atoms with Crippen LogP contribution in [0, 0.1) is 0 Å². The highest BCUT2D eigenvalue weighted by Crippen LogP contribution is 2.03. The molecule has 0 bridgehead atoms. The predicted octanol–water partition coefficient (Wildman–Crippen LogP) is 0.645. The van der Waals surface area contributed by atoms with E-state index in [-0.39, 0.29) is 0 Å². The van der Waals surface area contributed by atoms with Gasteiger partial charge in [-0.25, -0.2) is 17.2 Å². The van der Waals surface area contributed by atoms with E-state index in [1.54, 1.807) is 0 Å². The highest BCUT2D eigenvalue weighted by Gasteiger charge is 2.16. The van der Waals surface area contributed by atoms with Crippen molar-refractivity contribution in [2.24, 2.45) is 0 Å². The summed E-state index contributed by atoms with van der Waals surface area (Å²) < 4.78 is 44.7. The summed E-state index contributed by atoms with van der Waals surface area (Å²) >= 11 is 0. The van der Waals surface area contributed by atoms with Gasteiger partial charge in [0.2, 0.25) is 6.43 Å². The second-order valence-corrected chi connectivity index (χ2v) is 4.66. The van der Waals surface area contributed by atoms with Gasteiger partial charge in [-0.3, -0.25) is 4.79 Å². The molecule has 0 saturated carbocycles. The van der Waals surface area contributed by atoms with Crippen LogP contribution in [0.2, 0.25) is 0 Å². The third-order valence-corrected chi connectivity index (χ3v) is 2.77. The van der Waals surface area contributed by atoms with Gasteiger partial charge in [0.1, 0.15) is 11.5 Å². The maximum atomic E-state index is 11.6. The average Bonchev–Trinajstić information content (AvgIpc) is 1.81. The Morgan fingerprint density at radius 3 is 2.25 bits per heavy atom. The third kappa shape index (κ3) is 6.21. The number of carbonyl (C=O) groups excluding carboxylic acids is 1. The molecule has 0 aliphatic rings. The average molecular weight is 200 g/mol. The van der Waals surface area contributed by atoms with E-state index in [0.29, 0.717) is 0 Å². The van der Waals surface area contributed by atoms with Crippen molar-refractivity contribution in [3.63, 3.8) is 0 Å². The van der Waals surface area contributed by atoms with Crippen LogP contribution in [0.5, 0.6) is 0 Å². The van der Waals surface area contributed by atoms with Crippen molar-refractivity contribution in [3.05, 3.63) is 0 Å². The molecular formula is C6H10F2O3S. The number of ketones is 1. The van der Waals surface area contributed by atoms with Gasteiger partial charge >= 0.3 is 0 Å². The molecule has 0 aliphatic heterocycles. The number of hydrogen-bond acceptors (Lipinski definition) is 3. The van der Waals surface area contributed by atoms with Gasteiger partial charge in [0, 0.05) is 6.42 Å². The van der Waals surface area contributed by atoms with Gasteiger partial charge in [-0.1, -0.05) is 0 Å². The Bertz CT molecular complexity index is 246. The van der Waals surface area contributed by atoms with Gasteiger partial charge in [0.15, 0.2) is 9.84 Å². The SMILES string of the molecule is CC(=O)CS(=O)(=O)CCC(F)F. The molecule has 0 N–H and O–H groups in total. The molecule has 72 valence electrons. The number of Topliss-reactive ketones (excluding diaryl/α,β-unsaturated/α-hetero) is 1. The van der Waals surface area contributed by atoms with E-state index < -0.39 is 40.0 Å². The van der Waals surface area contributed by atoms with Crippen molar-refractivity contribution in [1.29, 1.82) is 0 Å². The van der Waals surface area contributed by atoms with Gasteiger partial charge in [-0.2, -0.15) is 0 Å². The van der Waals surface area contributed by atoms with Crippen LogP contribution in [0.4, 0.5) is 8.78 Å². The molecule has 0 radical (unpaired) electrons. The molecule has 0 aromatic rings. The predicted molar refractivity (Wildman–Crippen MR) is 40.0 cm³/mol. The number of hydrogen-bond donors (Lipinski definition) is 0. The standard InChI is InChI=1S/C6H10F2O3S/c1-5(9)4-12(10,11)3-2-6(7)8/h6H,2-4H2,1H3. The van der Waals surface area contributed by atoms with Crippen molar-refractivity contribution in [2.75, 3.05) is 11.5 Å². The van der Waals surface area contributed by atoms with Gasteiger partial charge in [0.05, 0.1) is 5.75 Å². The minimum absolute atomic E-state index is 0.524. The Hall–Kier alpha value is -0.520.